The molecule has 2 unspecified atom stereocenters. The molecule has 3 heterocycles. The number of carbonyl (C=O) groups is 1. The van der Waals surface area contributed by atoms with Crippen LogP contribution in [0.15, 0.2) is 65.7 Å². The van der Waals surface area contributed by atoms with E-state index in [0.717, 1.165) is 45.4 Å². The summed E-state index contributed by atoms with van der Waals surface area (Å²) in [7, 11) is 0. The van der Waals surface area contributed by atoms with Gasteiger partial charge in [-0.2, -0.15) is 5.10 Å². The Hall–Kier alpha value is -3.49. The molecule has 8 heteroatoms. The summed E-state index contributed by atoms with van der Waals surface area (Å²) >= 11 is 3.54. The average molecular weight is 591 g/mol. The van der Waals surface area contributed by atoms with Crippen LogP contribution in [0.25, 0.3) is 28.2 Å². The number of nitrogens with zero attached hydrogens (tertiary/aromatic N) is 3. The van der Waals surface area contributed by atoms with Gasteiger partial charge in [0.15, 0.2) is 11.8 Å². The van der Waals surface area contributed by atoms with Gasteiger partial charge < -0.3 is 14.6 Å². The van der Waals surface area contributed by atoms with Crippen LogP contribution in [0.3, 0.4) is 0 Å². The topological polar surface area (TPSA) is 86.0 Å². The van der Waals surface area contributed by atoms with Crippen LogP contribution in [0.5, 0.6) is 5.75 Å². The summed E-state index contributed by atoms with van der Waals surface area (Å²) in [4.78, 5) is 17.5. The first-order valence-electron chi connectivity index (χ1n) is 13.0. The van der Waals surface area contributed by atoms with Crippen LogP contribution in [0.4, 0.5) is 0 Å². The van der Waals surface area contributed by atoms with Crippen molar-refractivity contribution in [2.75, 3.05) is 6.61 Å². The molecule has 0 amide bonds. The maximum Gasteiger partial charge on any atom is 0.337 e. The highest BCUT2D eigenvalue weighted by Gasteiger charge is 2.34. The van der Waals surface area contributed by atoms with E-state index < -0.39 is 17.7 Å². The van der Waals surface area contributed by atoms with E-state index in [0.29, 0.717) is 29.2 Å². The highest BCUT2D eigenvalue weighted by Crippen LogP contribution is 2.41. The molecule has 5 rings (SSSR count). The fraction of sp³-hybridized carbons (Fsp3) is 0.323. The van der Waals surface area contributed by atoms with Gasteiger partial charge in [0, 0.05) is 32.9 Å². The van der Waals surface area contributed by atoms with Gasteiger partial charge in [-0.25, -0.2) is 14.3 Å². The molecule has 39 heavy (non-hydrogen) atoms. The molecule has 1 aliphatic heterocycles. The van der Waals surface area contributed by atoms with Gasteiger partial charge in [-0.3, -0.25) is 0 Å². The van der Waals surface area contributed by atoms with Crippen molar-refractivity contribution in [3.8, 4) is 28.3 Å². The highest BCUT2D eigenvalue weighted by atomic mass is 79.9. The van der Waals surface area contributed by atoms with E-state index in [4.69, 9.17) is 19.6 Å². The lowest BCUT2D eigenvalue weighted by Crippen LogP contribution is -2.29. The zero-order chi connectivity index (χ0) is 27.9. The number of halogens is 1. The molecule has 0 bridgehead atoms. The largest absolute Gasteiger partial charge is 0.493 e. The Morgan fingerprint density at radius 3 is 2.74 bits per heavy atom. The second-order valence-corrected chi connectivity index (χ2v) is 11.7. The van der Waals surface area contributed by atoms with Crippen LogP contribution in [0.1, 0.15) is 62.5 Å². The molecule has 4 aromatic rings. The number of ether oxygens (including phenoxy) is 2. The first-order valence-corrected chi connectivity index (χ1v) is 13.8. The fourth-order valence-electron chi connectivity index (χ4n) is 5.16. The molecule has 0 aliphatic carbocycles. The molecule has 0 fully saturated rings. The van der Waals surface area contributed by atoms with Gasteiger partial charge in [0.05, 0.1) is 23.6 Å². The van der Waals surface area contributed by atoms with Crippen molar-refractivity contribution in [2.24, 2.45) is 0 Å². The zero-order valence-electron chi connectivity index (χ0n) is 22.6. The maximum absolute atomic E-state index is 12.7. The fourth-order valence-corrected chi connectivity index (χ4v) is 5.56. The van der Waals surface area contributed by atoms with Gasteiger partial charge in [0.1, 0.15) is 5.75 Å². The van der Waals surface area contributed by atoms with E-state index in [1.807, 2.05) is 76.2 Å². The zero-order valence-corrected chi connectivity index (χ0v) is 24.2. The molecule has 2 aromatic carbocycles. The monoisotopic (exact) mass is 589 g/mol. The third-order valence-electron chi connectivity index (χ3n) is 6.81. The van der Waals surface area contributed by atoms with Gasteiger partial charge >= 0.3 is 5.97 Å². The Kier molecular flexibility index (Phi) is 7.35. The van der Waals surface area contributed by atoms with Crippen molar-refractivity contribution in [3.05, 3.63) is 82.5 Å². The van der Waals surface area contributed by atoms with Crippen LogP contribution in [-0.2, 0) is 9.53 Å². The standard InChI is InChI=1S/C31H32BrN3O4/c1-6-8-19-13-14-38-25-12-11-21(16-23(19)25)28-27(29(30(36)37)39-31(3,4)5)18(2)33-26-17-24(34-35(26)28)20-9-7-10-22(32)15-20/h6-7,9-12,15-17,19,29H,1,8,13-14H2,2-5H3,(H,36,37). The van der Waals surface area contributed by atoms with E-state index in [9.17, 15) is 9.90 Å². The number of aryl methyl sites for hydroxylation is 1. The smallest absolute Gasteiger partial charge is 0.337 e. The minimum Gasteiger partial charge on any atom is -0.493 e. The van der Waals surface area contributed by atoms with Crippen LogP contribution < -0.4 is 4.74 Å². The van der Waals surface area contributed by atoms with Gasteiger partial charge in [-0.15, -0.1) is 6.58 Å². The molecule has 1 N–H and O–H groups in total. The lowest BCUT2D eigenvalue weighted by Gasteiger charge is -2.28. The maximum atomic E-state index is 12.7. The summed E-state index contributed by atoms with van der Waals surface area (Å²) < 4.78 is 14.8. The number of carboxylic acid groups (broad SMARTS) is 1. The second kappa shape index (κ2) is 10.6. The van der Waals surface area contributed by atoms with Crippen molar-refractivity contribution < 1.29 is 19.4 Å². The summed E-state index contributed by atoms with van der Waals surface area (Å²) in [6.07, 6.45) is 2.41. The number of hydrogen-bond acceptors (Lipinski definition) is 5. The second-order valence-electron chi connectivity index (χ2n) is 10.8. The normalized spacial score (nSPS) is 16.0. The molecule has 7 nitrogen and oxygen atoms in total. The van der Waals surface area contributed by atoms with Crippen LogP contribution in [0.2, 0.25) is 0 Å². The van der Waals surface area contributed by atoms with E-state index >= 15 is 0 Å². The Bertz CT molecular complexity index is 1570. The summed E-state index contributed by atoms with van der Waals surface area (Å²) in [5, 5.41) is 15.3. The predicted octanol–water partition coefficient (Wildman–Crippen LogP) is 7.52. The van der Waals surface area contributed by atoms with E-state index in [2.05, 4.69) is 28.6 Å². The molecular weight excluding hydrogens is 558 g/mol. The lowest BCUT2D eigenvalue weighted by molar-refractivity contribution is -0.160. The third-order valence-corrected chi connectivity index (χ3v) is 7.30. The molecule has 0 radical (unpaired) electrons. The molecular formula is C31H32BrN3O4. The Morgan fingerprint density at radius 2 is 2.05 bits per heavy atom. The quantitative estimate of drug-likeness (QED) is 0.224. The number of aliphatic carboxylic acids is 1. The van der Waals surface area contributed by atoms with Crippen LogP contribution >= 0.6 is 15.9 Å². The number of hydrogen-bond donors (Lipinski definition) is 1. The Balaban J connectivity index is 1.80. The SMILES string of the molecule is C=CCC1CCOc2ccc(-c3c(C(OC(C)(C)C)C(=O)O)c(C)nc4cc(-c5cccc(Br)c5)nn34)cc21. The predicted molar refractivity (Wildman–Crippen MR) is 155 cm³/mol. The summed E-state index contributed by atoms with van der Waals surface area (Å²) in [5.74, 6) is 0.0288. The molecule has 1 aliphatic rings. The molecule has 2 atom stereocenters. The van der Waals surface area contributed by atoms with Gasteiger partial charge in [0.2, 0.25) is 0 Å². The molecule has 2 aromatic heterocycles. The van der Waals surface area contributed by atoms with Gasteiger partial charge in [-0.1, -0.05) is 34.1 Å². The number of aromatic nitrogens is 3. The van der Waals surface area contributed by atoms with Crippen molar-refractivity contribution in [3.63, 3.8) is 0 Å². The Labute approximate surface area is 236 Å². The average Bonchev–Trinajstić information content (AvgIpc) is 3.30. The van der Waals surface area contributed by atoms with Crippen LogP contribution in [0, 0.1) is 6.92 Å². The van der Waals surface area contributed by atoms with Gasteiger partial charge in [-0.05, 0) is 82.3 Å². The number of rotatable bonds is 7. The van der Waals surface area contributed by atoms with E-state index in [1.54, 1.807) is 4.52 Å². The molecule has 0 spiro atoms. The number of carboxylic acids is 1. The summed E-state index contributed by atoms with van der Waals surface area (Å²) in [6.45, 7) is 12.0. The lowest BCUT2D eigenvalue weighted by atomic mass is 9.88. The van der Waals surface area contributed by atoms with Crippen molar-refractivity contribution in [1.29, 1.82) is 0 Å². The molecule has 0 saturated carbocycles. The van der Waals surface area contributed by atoms with E-state index in [-0.39, 0.29) is 5.92 Å². The Morgan fingerprint density at radius 1 is 1.26 bits per heavy atom. The first-order chi connectivity index (χ1) is 18.6. The molecule has 0 saturated heterocycles. The minimum atomic E-state index is -1.24. The van der Waals surface area contributed by atoms with Gasteiger partial charge in [0.25, 0.3) is 0 Å². The first kappa shape index (κ1) is 27.1. The summed E-state index contributed by atoms with van der Waals surface area (Å²) in [6, 6.07) is 15.8. The highest BCUT2D eigenvalue weighted by molar-refractivity contribution is 9.10. The minimum absolute atomic E-state index is 0.268. The van der Waals surface area contributed by atoms with Crippen molar-refractivity contribution in [1.82, 2.24) is 14.6 Å². The van der Waals surface area contributed by atoms with E-state index in [1.165, 1.54) is 0 Å². The van der Waals surface area contributed by atoms with Crippen molar-refractivity contribution >= 4 is 27.5 Å². The summed E-state index contributed by atoms with van der Waals surface area (Å²) in [5.41, 5.74) is 5.17. The number of benzene rings is 2. The van der Waals surface area contributed by atoms with Crippen LogP contribution in [-0.4, -0.2) is 37.9 Å². The van der Waals surface area contributed by atoms with Crippen molar-refractivity contribution in [2.45, 2.75) is 58.2 Å². The number of fused-ring (bicyclic) bond motifs is 2. The molecule has 202 valence electrons. The number of allylic oxidation sites excluding steroid dienone is 1. The third kappa shape index (κ3) is 5.49.